The van der Waals surface area contributed by atoms with Gasteiger partial charge in [-0.3, -0.25) is 14.2 Å². The van der Waals surface area contributed by atoms with E-state index in [-0.39, 0.29) is 11.1 Å². The van der Waals surface area contributed by atoms with E-state index in [0.717, 1.165) is 22.6 Å². The molecule has 0 saturated heterocycles. The van der Waals surface area contributed by atoms with Gasteiger partial charge in [0.1, 0.15) is 5.82 Å². The number of thiazole rings is 1. The maximum absolute atomic E-state index is 14.1. The number of fused-ring (bicyclic) bond motifs is 1. The molecule has 0 bridgehead atoms. The lowest BCUT2D eigenvalue weighted by Crippen LogP contribution is -2.40. The topological polar surface area (TPSA) is 106 Å². The van der Waals surface area contributed by atoms with Crippen molar-refractivity contribution in [3.05, 3.63) is 150 Å². The Kier molecular flexibility index (Phi) is 7.44. The number of anilines is 1. The van der Waals surface area contributed by atoms with Gasteiger partial charge in [-0.15, -0.1) is 0 Å². The third kappa shape index (κ3) is 5.20. The van der Waals surface area contributed by atoms with Crippen LogP contribution in [0.15, 0.2) is 106 Å². The summed E-state index contributed by atoms with van der Waals surface area (Å²) >= 11 is 1.22. The predicted octanol–water partition coefficient (Wildman–Crippen LogP) is 5.12. The number of carbonyl (C=O) groups is 2. The van der Waals surface area contributed by atoms with E-state index >= 15 is 0 Å². The Balaban J connectivity index is 1.46. The summed E-state index contributed by atoms with van der Waals surface area (Å²) in [5, 5.41) is 12.2. The first-order chi connectivity index (χ1) is 21.1. The Bertz CT molecular complexity index is 2140. The van der Waals surface area contributed by atoms with Crippen molar-refractivity contribution < 1.29 is 19.1 Å². The first-order valence-corrected chi connectivity index (χ1v) is 14.6. The second-order valence-electron chi connectivity index (χ2n) is 10.5. The van der Waals surface area contributed by atoms with Gasteiger partial charge in [-0.25, -0.2) is 14.2 Å². The SMILES string of the molecule is CC1=C(C(=O)Nc2ccccc2)[C@@H](c2ccc(F)cc2)n2c(s/c(=C\c3cc(C)n(-c4ccc(C(=O)O)cc4)c3C)c2=O)=N1. The van der Waals surface area contributed by atoms with Crippen molar-refractivity contribution in [2.75, 3.05) is 5.32 Å². The molecule has 44 heavy (non-hydrogen) atoms. The lowest BCUT2D eigenvalue weighted by atomic mass is 9.95. The smallest absolute Gasteiger partial charge is 0.335 e. The lowest BCUT2D eigenvalue weighted by Gasteiger charge is -2.25. The van der Waals surface area contributed by atoms with E-state index < -0.39 is 23.7 Å². The molecule has 220 valence electrons. The van der Waals surface area contributed by atoms with E-state index in [2.05, 4.69) is 10.3 Å². The Labute approximate surface area is 255 Å². The van der Waals surface area contributed by atoms with Crippen LogP contribution in [-0.2, 0) is 4.79 Å². The van der Waals surface area contributed by atoms with Crippen molar-refractivity contribution in [1.82, 2.24) is 9.13 Å². The number of allylic oxidation sites excluding steroid dienone is 1. The van der Waals surface area contributed by atoms with Crippen LogP contribution in [-0.4, -0.2) is 26.1 Å². The summed E-state index contributed by atoms with van der Waals surface area (Å²) < 4.78 is 17.9. The summed E-state index contributed by atoms with van der Waals surface area (Å²) in [7, 11) is 0. The second-order valence-corrected chi connectivity index (χ2v) is 11.5. The van der Waals surface area contributed by atoms with E-state index in [4.69, 9.17) is 0 Å². The first-order valence-electron chi connectivity index (χ1n) is 13.8. The van der Waals surface area contributed by atoms with Crippen LogP contribution < -0.4 is 20.2 Å². The molecular formula is C34H27FN4O4S. The molecule has 10 heteroatoms. The zero-order valence-corrected chi connectivity index (χ0v) is 24.9. The predicted molar refractivity (Wildman–Crippen MR) is 167 cm³/mol. The number of para-hydroxylation sites is 1. The molecule has 2 aromatic heterocycles. The molecule has 0 aliphatic carbocycles. The summed E-state index contributed by atoms with van der Waals surface area (Å²) in [4.78, 5) is 44.1. The van der Waals surface area contributed by atoms with Crippen molar-refractivity contribution in [3.8, 4) is 5.69 Å². The molecule has 6 rings (SSSR count). The number of aryl methyl sites for hydroxylation is 1. The van der Waals surface area contributed by atoms with Crippen LogP contribution in [0.3, 0.4) is 0 Å². The van der Waals surface area contributed by atoms with E-state index in [1.165, 1.54) is 28.0 Å². The molecule has 1 amide bonds. The maximum Gasteiger partial charge on any atom is 0.335 e. The summed E-state index contributed by atoms with van der Waals surface area (Å²) in [6.07, 6.45) is 1.80. The molecular weight excluding hydrogens is 579 g/mol. The number of carboxylic acid groups (broad SMARTS) is 1. The van der Waals surface area contributed by atoms with Crippen LogP contribution in [0.5, 0.6) is 0 Å². The van der Waals surface area contributed by atoms with Gasteiger partial charge in [-0.1, -0.05) is 41.7 Å². The molecule has 0 spiro atoms. The van der Waals surface area contributed by atoms with Crippen LogP contribution in [0.1, 0.15) is 45.8 Å². The van der Waals surface area contributed by atoms with Crippen molar-refractivity contribution in [2.45, 2.75) is 26.8 Å². The second kappa shape index (κ2) is 11.4. The third-order valence-electron chi connectivity index (χ3n) is 7.61. The fourth-order valence-corrected chi connectivity index (χ4v) is 6.56. The average molecular weight is 607 g/mol. The largest absolute Gasteiger partial charge is 0.478 e. The number of halogens is 1. The molecule has 8 nitrogen and oxygen atoms in total. The number of benzene rings is 3. The summed E-state index contributed by atoms with van der Waals surface area (Å²) in [5.74, 6) is -1.83. The van der Waals surface area contributed by atoms with E-state index in [1.807, 2.05) is 42.7 Å². The van der Waals surface area contributed by atoms with Crippen LogP contribution >= 0.6 is 11.3 Å². The number of aromatic nitrogens is 2. The highest BCUT2D eigenvalue weighted by Crippen LogP contribution is 2.31. The number of nitrogens with one attached hydrogen (secondary N) is 1. The quantitative estimate of drug-likeness (QED) is 0.280. The number of carboxylic acids is 1. The molecule has 3 aromatic carbocycles. The Morgan fingerprint density at radius 2 is 1.66 bits per heavy atom. The highest BCUT2D eigenvalue weighted by atomic mass is 32.1. The standard InChI is InChI=1S/C34H27FN4O4S/c1-19-17-24(21(3)38(19)27-15-11-23(12-16-27)33(42)43)18-28-32(41)39-30(22-9-13-25(35)14-10-22)29(20(2)36-34(39)44-28)31(40)37-26-7-5-4-6-8-26/h4-18,30H,1-3H3,(H,37,40)(H,42,43)/b28-18-/t30-/m1/s1. The molecule has 0 radical (unpaired) electrons. The van der Waals surface area contributed by atoms with Crippen LogP contribution in [0.2, 0.25) is 0 Å². The van der Waals surface area contributed by atoms with Gasteiger partial charge in [-0.2, -0.15) is 0 Å². The minimum Gasteiger partial charge on any atom is -0.478 e. The lowest BCUT2D eigenvalue weighted by molar-refractivity contribution is -0.113. The zero-order chi connectivity index (χ0) is 31.1. The third-order valence-corrected chi connectivity index (χ3v) is 8.60. The van der Waals surface area contributed by atoms with E-state index in [1.54, 1.807) is 61.5 Å². The fourth-order valence-electron chi connectivity index (χ4n) is 5.52. The van der Waals surface area contributed by atoms with Gasteiger partial charge >= 0.3 is 5.97 Å². The normalized spacial score (nSPS) is 14.7. The monoisotopic (exact) mass is 606 g/mol. The van der Waals surface area contributed by atoms with Gasteiger partial charge in [0.25, 0.3) is 11.5 Å². The molecule has 1 atom stereocenters. The van der Waals surface area contributed by atoms with Crippen LogP contribution in [0, 0.1) is 19.7 Å². The van der Waals surface area contributed by atoms with Crippen molar-refractivity contribution >= 4 is 35.0 Å². The molecule has 5 aromatic rings. The molecule has 0 unspecified atom stereocenters. The minimum absolute atomic E-state index is 0.195. The Morgan fingerprint density at radius 3 is 2.32 bits per heavy atom. The van der Waals surface area contributed by atoms with Crippen molar-refractivity contribution in [3.63, 3.8) is 0 Å². The molecule has 2 N–H and O–H groups in total. The van der Waals surface area contributed by atoms with Gasteiger partial charge in [-0.05, 0) is 92.6 Å². The van der Waals surface area contributed by atoms with Crippen molar-refractivity contribution in [2.24, 2.45) is 4.99 Å². The number of nitrogens with zero attached hydrogens (tertiary/aromatic N) is 3. The minimum atomic E-state index is -0.997. The summed E-state index contributed by atoms with van der Waals surface area (Å²) in [5.41, 5.74) is 5.19. The van der Waals surface area contributed by atoms with Gasteiger partial charge in [0, 0.05) is 22.8 Å². The number of aromatic carboxylic acids is 1. The number of hydrogen-bond acceptors (Lipinski definition) is 5. The molecule has 0 saturated carbocycles. The summed E-state index contributed by atoms with van der Waals surface area (Å²) in [6, 6.07) is 22.5. The Morgan fingerprint density at radius 1 is 0.977 bits per heavy atom. The average Bonchev–Trinajstić information content (AvgIpc) is 3.46. The highest BCUT2D eigenvalue weighted by molar-refractivity contribution is 7.07. The maximum atomic E-state index is 14.1. The van der Waals surface area contributed by atoms with Crippen LogP contribution in [0.25, 0.3) is 11.8 Å². The van der Waals surface area contributed by atoms with Crippen LogP contribution in [0.4, 0.5) is 10.1 Å². The number of rotatable bonds is 6. The molecule has 1 aliphatic rings. The number of carbonyl (C=O) groups excluding carboxylic acids is 1. The zero-order valence-electron chi connectivity index (χ0n) is 24.0. The number of amides is 1. The highest BCUT2D eigenvalue weighted by Gasteiger charge is 2.32. The fraction of sp³-hybridized carbons (Fsp3) is 0.118. The number of hydrogen-bond donors (Lipinski definition) is 2. The van der Waals surface area contributed by atoms with Gasteiger partial charge < -0.3 is 15.0 Å². The van der Waals surface area contributed by atoms with Crippen molar-refractivity contribution in [1.29, 1.82) is 0 Å². The molecule has 1 aliphatic heterocycles. The molecule has 3 heterocycles. The summed E-state index contributed by atoms with van der Waals surface area (Å²) in [6.45, 7) is 5.60. The van der Waals surface area contributed by atoms with E-state index in [9.17, 15) is 23.9 Å². The van der Waals surface area contributed by atoms with Gasteiger partial charge in [0.15, 0.2) is 4.80 Å². The first kappa shape index (κ1) is 28.8. The van der Waals surface area contributed by atoms with Gasteiger partial charge in [0.2, 0.25) is 0 Å². The Hall–Kier alpha value is -5.35. The van der Waals surface area contributed by atoms with E-state index in [0.29, 0.717) is 31.9 Å². The molecule has 0 fully saturated rings. The van der Waals surface area contributed by atoms with Gasteiger partial charge in [0.05, 0.1) is 27.4 Å².